The first-order valence-corrected chi connectivity index (χ1v) is 9.19. The van der Waals surface area contributed by atoms with Gasteiger partial charge < -0.3 is 9.84 Å². The SMILES string of the molecule is CC.CC.CCCOc1cnc2c(C3CC(C)(O)C3)nccc2c1. The van der Waals surface area contributed by atoms with E-state index in [1.807, 2.05) is 52.9 Å². The molecule has 0 aromatic carbocycles. The molecule has 0 amide bonds. The maximum atomic E-state index is 9.89. The van der Waals surface area contributed by atoms with Crippen molar-refractivity contribution in [3.8, 4) is 5.75 Å². The van der Waals surface area contributed by atoms with Crippen LogP contribution in [0.25, 0.3) is 10.9 Å². The van der Waals surface area contributed by atoms with Gasteiger partial charge in [-0.15, -0.1) is 0 Å². The second kappa shape index (κ2) is 9.58. The molecule has 1 saturated carbocycles. The van der Waals surface area contributed by atoms with Crippen molar-refractivity contribution in [3.05, 3.63) is 30.2 Å². The van der Waals surface area contributed by atoms with Crippen molar-refractivity contribution in [1.29, 1.82) is 0 Å². The Bertz CT molecular complexity index is 618. The highest BCUT2D eigenvalue weighted by Gasteiger charge is 2.40. The van der Waals surface area contributed by atoms with Gasteiger partial charge in [0.05, 0.1) is 29.6 Å². The Hall–Kier alpha value is -1.68. The zero-order valence-corrected chi connectivity index (χ0v) is 16.0. The van der Waals surface area contributed by atoms with Crippen LogP contribution in [0.2, 0.25) is 0 Å². The Labute approximate surface area is 146 Å². The predicted molar refractivity (Wildman–Crippen MR) is 101 cm³/mol. The zero-order valence-electron chi connectivity index (χ0n) is 16.0. The molecule has 1 fully saturated rings. The van der Waals surface area contributed by atoms with Crippen LogP contribution in [0.4, 0.5) is 0 Å². The molecular formula is C20H32N2O2. The van der Waals surface area contributed by atoms with Crippen LogP contribution in [-0.4, -0.2) is 27.3 Å². The van der Waals surface area contributed by atoms with Gasteiger partial charge in [-0.25, -0.2) is 0 Å². The van der Waals surface area contributed by atoms with Crippen LogP contribution < -0.4 is 4.74 Å². The topological polar surface area (TPSA) is 55.2 Å². The van der Waals surface area contributed by atoms with Gasteiger partial charge in [0.25, 0.3) is 0 Å². The van der Waals surface area contributed by atoms with Crippen LogP contribution in [0.3, 0.4) is 0 Å². The Morgan fingerprint density at radius 2 is 1.88 bits per heavy atom. The lowest BCUT2D eigenvalue weighted by atomic mass is 9.70. The van der Waals surface area contributed by atoms with Crippen LogP contribution >= 0.6 is 0 Å². The monoisotopic (exact) mass is 332 g/mol. The first-order valence-electron chi connectivity index (χ1n) is 9.19. The van der Waals surface area contributed by atoms with Crippen molar-refractivity contribution < 1.29 is 9.84 Å². The van der Waals surface area contributed by atoms with Gasteiger partial charge in [-0.3, -0.25) is 9.97 Å². The van der Waals surface area contributed by atoms with Gasteiger partial charge in [-0.05, 0) is 38.3 Å². The number of fused-ring (bicyclic) bond motifs is 1. The Balaban J connectivity index is 0.000000671. The first-order chi connectivity index (χ1) is 11.6. The van der Waals surface area contributed by atoms with Crippen molar-refractivity contribution in [2.24, 2.45) is 0 Å². The molecule has 0 unspecified atom stereocenters. The number of nitrogens with zero attached hydrogens (tertiary/aromatic N) is 2. The summed E-state index contributed by atoms with van der Waals surface area (Å²) >= 11 is 0. The smallest absolute Gasteiger partial charge is 0.138 e. The number of hydrogen-bond donors (Lipinski definition) is 1. The van der Waals surface area contributed by atoms with E-state index in [0.717, 1.165) is 41.6 Å². The lowest BCUT2D eigenvalue weighted by molar-refractivity contribution is -0.0319. The summed E-state index contributed by atoms with van der Waals surface area (Å²) in [6.45, 7) is 12.7. The number of aliphatic hydroxyl groups is 1. The summed E-state index contributed by atoms with van der Waals surface area (Å²) in [6.07, 6.45) is 6.08. The highest BCUT2D eigenvalue weighted by atomic mass is 16.5. The lowest BCUT2D eigenvalue weighted by Gasteiger charge is -2.40. The summed E-state index contributed by atoms with van der Waals surface area (Å²) in [5, 5.41) is 10.9. The molecule has 4 heteroatoms. The third kappa shape index (κ3) is 4.91. The maximum Gasteiger partial charge on any atom is 0.138 e. The number of hydrogen-bond acceptors (Lipinski definition) is 4. The van der Waals surface area contributed by atoms with Crippen LogP contribution in [0.15, 0.2) is 24.5 Å². The minimum absolute atomic E-state index is 0.309. The van der Waals surface area contributed by atoms with Gasteiger partial charge in [-0.1, -0.05) is 34.6 Å². The maximum absolute atomic E-state index is 9.89. The van der Waals surface area contributed by atoms with Crippen LogP contribution in [0, 0.1) is 0 Å². The van der Waals surface area contributed by atoms with E-state index in [-0.39, 0.29) is 0 Å². The zero-order chi connectivity index (χ0) is 18.2. The minimum Gasteiger partial charge on any atom is -0.492 e. The fourth-order valence-corrected chi connectivity index (χ4v) is 2.85. The summed E-state index contributed by atoms with van der Waals surface area (Å²) in [7, 11) is 0. The third-order valence-corrected chi connectivity index (χ3v) is 3.83. The van der Waals surface area contributed by atoms with E-state index in [4.69, 9.17) is 4.74 Å². The second-order valence-electron chi connectivity index (χ2n) is 5.89. The molecule has 134 valence electrons. The summed E-state index contributed by atoms with van der Waals surface area (Å²) in [4.78, 5) is 8.99. The predicted octanol–water partition coefficient (Wildman–Crippen LogP) is 5.10. The van der Waals surface area contributed by atoms with Crippen LogP contribution in [0.1, 0.15) is 72.4 Å². The van der Waals surface area contributed by atoms with Crippen molar-refractivity contribution in [3.63, 3.8) is 0 Å². The van der Waals surface area contributed by atoms with Gasteiger partial charge in [-0.2, -0.15) is 0 Å². The summed E-state index contributed by atoms with van der Waals surface area (Å²) < 4.78 is 5.61. The molecule has 1 aliphatic carbocycles. The molecule has 2 aromatic heterocycles. The van der Waals surface area contributed by atoms with Crippen LogP contribution in [-0.2, 0) is 0 Å². The molecule has 2 aromatic rings. The Morgan fingerprint density at radius 3 is 2.46 bits per heavy atom. The highest BCUT2D eigenvalue weighted by Crippen LogP contribution is 2.45. The van der Waals surface area contributed by atoms with Crippen molar-refractivity contribution in [2.75, 3.05) is 6.61 Å². The van der Waals surface area contributed by atoms with E-state index in [0.29, 0.717) is 12.5 Å². The minimum atomic E-state index is -0.543. The molecule has 2 heterocycles. The largest absolute Gasteiger partial charge is 0.492 e. The number of rotatable bonds is 4. The normalized spacial score (nSPS) is 21.7. The fourth-order valence-electron chi connectivity index (χ4n) is 2.85. The van der Waals surface area contributed by atoms with E-state index >= 15 is 0 Å². The summed E-state index contributed by atoms with van der Waals surface area (Å²) in [5.74, 6) is 1.11. The molecule has 0 atom stereocenters. The molecule has 0 radical (unpaired) electrons. The Kier molecular flexibility index (Phi) is 8.13. The molecule has 24 heavy (non-hydrogen) atoms. The molecule has 0 spiro atoms. The standard InChI is InChI=1S/C16H20N2O2.2C2H6/c1-3-6-20-13-7-11-4-5-17-15(14(11)18-10-13)12-8-16(2,19)9-12;2*1-2/h4-5,7,10,12,19H,3,6,8-9H2,1-2H3;2*1-2H3. The molecule has 4 nitrogen and oxygen atoms in total. The van der Waals surface area contributed by atoms with Crippen LogP contribution in [0.5, 0.6) is 5.75 Å². The highest BCUT2D eigenvalue weighted by molar-refractivity contribution is 5.82. The van der Waals surface area contributed by atoms with Crippen molar-refractivity contribution in [1.82, 2.24) is 9.97 Å². The molecule has 1 aliphatic rings. The third-order valence-electron chi connectivity index (χ3n) is 3.83. The molecule has 0 bridgehead atoms. The molecular weight excluding hydrogens is 300 g/mol. The fraction of sp³-hybridized carbons (Fsp3) is 0.600. The lowest BCUT2D eigenvalue weighted by Crippen LogP contribution is -2.39. The quantitative estimate of drug-likeness (QED) is 0.846. The average Bonchev–Trinajstić information content (AvgIpc) is 2.60. The van der Waals surface area contributed by atoms with Gasteiger partial charge in [0.2, 0.25) is 0 Å². The van der Waals surface area contributed by atoms with Crippen molar-refractivity contribution in [2.45, 2.75) is 72.3 Å². The summed E-state index contributed by atoms with van der Waals surface area (Å²) in [5.41, 5.74) is 1.38. The Morgan fingerprint density at radius 1 is 1.21 bits per heavy atom. The number of ether oxygens (including phenoxy) is 1. The van der Waals surface area contributed by atoms with E-state index in [2.05, 4.69) is 16.9 Å². The first kappa shape index (κ1) is 20.4. The summed E-state index contributed by atoms with van der Waals surface area (Å²) in [6, 6.07) is 3.97. The number of aromatic nitrogens is 2. The molecule has 0 saturated heterocycles. The van der Waals surface area contributed by atoms with Gasteiger partial charge in [0.15, 0.2) is 0 Å². The average molecular weight is 332 g/mol. The van der Waals surface area contributed by atoms with Crippen molar-refractivity contribution >= 4 is 10.9 Å². The molecule has 0 aliphatic heterocycles. The molecule has 1 N–H and O–H groups in total. The van der Waals surface area contributed by atoms with E-state index < -0.39 is 5.60 Å². The van der Waals surface area contributed by atoms with E-state index in [1.54, 1.807) is 6.20 Å². The molecule has 3 rings (SSSR count). The van der Waals surface area contributed by atoms with Gasteiger partial charge >= 0.3 is 0 Å². The second-order valence-corrected chi connectivity index (χ2v) is 5.89. The van der Waals surface area contributed by atoms with Gasteiger partial charge in [0.1, 0.15) is 5.75 Å². The van der Waals surface area contributed by atoms with E-state index in [1.165, 1.54) is 0 Å². The van der Waals surface area contributed by atoms with Gasteiger partial charge in [0, 0.05) is 17.5 Å². The van der Waals surface area contributed by atoms with E-state index in [9.17, 15) is 5.11 Å². The number of pyridine rings is 2.